The molecule has 18 heavy (non-hydrogen) atoms. The molecular formula is C12H16N6. The topological polar surface area (TPSA) is 97.5 Å². The van der Waals surface area contributed by atoms with Crippen molar-refractivity contribution in [3.63, 3.8) is 0 Å². The molecule has 0 unspecified atom stereocenters. The minimum atomic E-state index is -0.214. The first kappa shape index (κ1) is 13.9. The number of benzene rings is 1. The number of nitrogens with zero attached hydrogens (tertiary/aromatic N) is 6. The van der Waals surface area contributed by atoms with Crippen LogP contribution in [0.3, 0.4) is 0 Å². The highest BCUT2D eigenvalue weighted by molar-refractivity contribution is 5.33. The normalized spacial score (nSPS) is 13.0. The molecule has 94 valence electrons. The molecule has 0 aromatic heterocycles. The van der Waals surface area contributed by atoms with Crippen LogP contribution in [-0.2, 0) is 0 Å². The first-order valence-corrected chi connectivity index (χ1v) is 5.95. The summed E-state index contributed by atoms with van der Waals surface area (Å²) in [5.74, 6) is 0. The van der Waals surface area contributed by atoms with Gasteiger partial charge in [-0.3, -0.25) is 0 Å². The summed E-state index contributed by atoms with van der Waals surface area (Å²) in [6, 6.07) is 7.22. The van der Waals surface area contributed by atoms with Crippen molar-refractivity contribution >= 4 is 0 Å². The van der Waals surface area contributed by atoms with E-state index in [1.807, 2.05) is 38.1 Å². The first-order chi connectivity index (χ1) is 8.78. The van der Waals surface area contributed by atoms with Gasteiger partial charge in [0.05, 0.1) is 12.1 Å². The summed E-state index contributed by atoms with van der Waals surface area (Å²) in [5.41, 5.74) is 19.1. The second kappa shape index (κ2) is 7.22. The highest BCUT2D eigenvalue weighted by Crippen LogP contribution is 2.32. The molecule has 1 aromatic carbocycles. The van der Waals surface area contributed by atoms with Gasteiger partial charge in [-0.2, -0.15) is 0 Å². The molecular weight excluding hydrogens is 228 g/mol. The van der Waals surface area contributed by atoms with E-state index in [2.05, 4.69) is 20.1 Å². The zero-order valence-electron chi connectivity index (χ0n) is 10.6. The molecule has 0 saturated carbocycles. The van der Waals surface area contributed by atoms with Crippen molar-refractivity contribution < 1.29 is 0 Å². The Morgan fingerprint density at radius 3 is 1.61 bits per heavy atom. The minimum absolute atomic E-state index is 0.214. The molecule has 0 radical (unpaired) electrons. The van der Waals surface area contributed by atoms with Gasteiger partial charge in [0, 0.05) is 9.82 Å². The van der Waals surface area contributed by atoms with Gasteiger partial charge in [-0.05, 0) is 35.0 Å². The molecule has 6 nitrogen and oxygen atoms in total. The number of hydrogen-bond acceptors (Lipinski definition) is 2. The number of rotatable bonds is 6. The highest BCUT2D eigenvalue weighted by atomic mass is 15.2. The average molecular weight is 244 g/mol. The van der Waals surface area contributed by atoms with Crippen LogP contribution >= 0.6 is 0 Å². The van der Waals surface area contributed by atoms with E-state index in [9.17, 15) is 0 Å². The van der Waals surface area contributed by atoms with Gasteiger partial charge in [-0.1, -0.05) is 48.3 Å². The Morgan fingerprint density at radius 2 is 1.33 bits per heavy atom. The summed E-state index contributed by atoms with van der Waals surface area (Å²) >= 11 is 0. The van der Waals surface area contributed by atoms with Gasteiger partial charge in [0.1, 0.15) is 0 Å². The lowest BCUT2D eigenvalue weighted by molar-refractivity contribution is 0.639. The third kappa shape index (κ3) is 3.17. The molecule has 0 saturated heterocycles. The summed E-state index contributed by atoms with van der Waals surface area (Å²) in [4.78, 5) is 5.75. The maximum absolute atomic E-state index is 8.60. The summed E-state index contributed by atoms with van der Waals surface area (Å²) in [7, 11) is 0. The predicted octanol–water partition coefficient (Wildman–Crippen LogP) is 5.21. The van der Waals surface area contributed by atoms with Crippen molar-refractivity contribution in [1.82, 2.24) is 0 Å². The first-order valence-electron chi connectivity index (χ1n) is 5.95. The van der Waals surface area contributed by atoms with Crippen LogP contribution in [0.4, 0.5) is 0 Å². The predicted molar refractivity (Wildman–Crippen MR) is 70.8 cm³/mol. The Morgan fingerprint density at radius 1 is 0.944 bits per heavy atom. The molecule has 0 fully saturated rings. The summed E-state index contributed by atoms with van der Waals surface area (Å²) in [5, 5.41) is 7.59. The van der Waals surface area contributed by atoms with Crippen molar-refractivity contribution in [2.75, 3.05) is 0 Å². The van der Waals surface area contributed by atoms with Crippen LogP contribution in [-0.4, -0.2) is 0 Å². The van der Waals surface area contributed by atoms with Crippen LogP contribution in [0.1, 0.15) is 49.9 Å². The van der Waals surface area contributed by atoms with Gasteiger partial charge in [-0.15, -0.1) is 0 Å². The molecule has 0 aliphatic heterocycles. The Kier molecular flexibility index (Phi) is 5.58. The highest BCUT2D eigenvalue weighted by Gasteiger charge is 2.16. The van der Waals surface area contributed by atoms with Crippen molar-refractivity contribution in [1.29, 1.82) is 0 Å². The van der Waals surface area contributed by atoms with Crippen LogP contribution in [0, 0.1) is 0 Å². The van der Waals surface area contributed by atoms with Gasteiger partial charge < -0.3 is 0 Å². The maximum atomic E-state index is 8.60. The SMILES string of the molecule is CC[C@@H](N=[N+]=[N-])c1ccccc1[C@@H](CC)N=[N+]=[N-]. The summed E-state index contributed by atoms with van der Waals surface area (Å²) in [6.45, 7) is 3.93. The molecule has 0 aliphatic rings. The van der Waals surface area contributed by atoms with Crippen molar-refractivity contribution in [2.24, 2.45) is 10.2 Å². The van der Waals surface area contributed by atoms with Crippen LogP contribution in [0.25, 0.3) is 20.9 Å². The van der Waals surface area contributed by atoms with Gasteiger partial charge in [0.25, 0.3) is 0 Å². The molecule has 0 heterocycles. The van der Waals surface area contributed by atoms with Gasteiger partial charge in [0.2, 0.25) is 0 Å². The molecule has 0 bridgehead atoms. The zero-order valence-corrected chi connectivity index (χ0v) is 10.6. The molecule has 0 aliphatic carbocycles. The van der Waals surface area contributed by atoms with E-state index in [1.165, 1.54) is 0 Å². The van der Waals surface area contributed by atoms with Crippen LogP contribution < -0.4 is 0 Å². The Bertz CT molecular complexity index is 440. The lowest BCUT2D eigenvalue weighted by Gasteiger charge is -2.18. The zero-order chi connectivity index (χ0) is 13.4. The van der Waals surface area contributed by atoms with E-state index in [0.29, 0.717) is 12.8 Å². The Labute approximate surface area is 106 Å². The average Bonchev–Trinajstić information content (AvgIpc) is 2.42. The fraction of sp³-hybridized carbons (Fsp3) is 0.500. The van der Waals surface area contributed by atoms with E-state index >= 15 is 0 Å². The lowest BCUT2D eigenvalue weighted by Crippen LogP contribution is -2.02. The molecule has 6 heteroatoms. The van der Waals surface area contributed by atoms with Crippen molar-refractivity contribution in [3.8, 4) is 0 Å². The van der Waals surface area contributed by atoms with E-state index in [-0.39, 0.29) is 12.1 Å². The summed E-state index contributed by atoms with van der Waals surface area (Å²) < 4.78 is 0. The standard InChI is InChI=1S/C12H16N6/c1-3-11(15-17-13)9-7-5-6-8-10(9)12(4-2)16-18-14/h5-8,11-12H,3-4H2,1-2H3/t11-,12-/m1/s1. The molecule has 0 amide bonds. The van der Waals surface area contributed by atoms with Crippen LogP contribution in [0.5, 0.6) is 0 Å². The quantitative estimate of drug-likeness (QED) is 0.373. The molecule has 1 rings (SSSR count). The third-order valence-corrected chi connectivity index (χ3v) is 2.87. The molecule has 0 spiro atoms. The Balaban J connectivity index is 3.27. The Hall–Kier alpha value is -2.16. The van der Waals surface area contributed by atoms with E-state index in [1.54, 1.807) is 0 Å². The van der Waals surface area contributed by atoms with Gasteiger partial charge in [-0.25, -0.2) is 0 Å². The van der Waals surface area contributed by atoms with Crippen LogP contribution in [0.15, 0.2) is 34.5 Å². The van der Waals surface area contributed by atoms with Gasteiger partial charge in [0.15, 0.2) is 0 Å². The molecule has 0 N–H and O–H groups in total. The largest absolute Gasteiger partial charge is 0.0859 e. The lowest BCUT2D eigenvalue weighted by atomic mass is 9.93. The molecule has 1 aromatic rings. The van der Waals surface area contributed by atoms with E-state index in [4.69, 9.17) is 11.1 Å². The van der Waals surface area contributed by atoms with Crippen LogP contribution in [0.2, 0.25) is 0 Å². The minimum Gasteiger partial charge on any atom is -0.0859 e. The second-order valence-corrected chi connectivity index (χ2v) is 3.89. The fourth-order valence-electron chi connectivity index (χ4n) is 1.97. The van der Waals surface area contributed by atoms with E-state index < -0.39 is 0 Å². The summed E-state index contributed by atoms with van der Waals surface area (Å²) in [6.07, 6.45) is 1.43. The molecule has 2 atom stereocenters. The monoisotopic (exact) mass is 244 g/mol. The second-order valence-electron chi connectivity index (χ2n) is 3.89. The number of azide groups is 2. The smallest absolute Gasteiger partial charge is 0.0625 e. The van der Waals surface area contributed by atoms with Crippen molar-refractivity contribution in [3.05, 3.63) is 56.3 Å². The van der Waals surface area contributed by atoms with Crippen molar-refractivity contribution in [2.45, 2.75) is 38.8 Å². The maximum Gasteiger partial charge on any atom is 0.0625 e. The number of hydrogen-bond donors (Lipinski definition) is 0. The third-order valence-electron chi connectivity index (χ3n) is 2.87. The van der Waals surface area contributed by atoms with E-state index in [0.717, 1.165) is 11.1 Å². The fourth-order valence-corrected chi connectivity index (χ4v) is 1.97. The van der Waals surface area contributed by atoms with Gasteiger partial charge >= 0.3 is 0 Å².